The number of pyridine rings is 1. The number of rotatable bonds is 4. The fourth-order valence-electron chi connectivity index (χ4n) is 5.86. The molecule has 12 heteroatoms. The molecule has 0 spiro atoms. The van der Waals surface area contributed by atoms with E-state index < -0.39 is 23.5 Å². The number of hydrogen-bond acceptors (Lipinski definition) is 6. The summed E-state index contributed by atoms with van der Waals surface area (Å²) in [6.45, 7) is 2.53. The molecule has 1 saturated heterocycles. The highest BCUT2D eigenvalue weighted by Crippen LogP contribution is 2.41. The average Bonchev–Trinajstić information content (AvgIpc) is 3.27. The molecule has 196 valence electrons. The van der Waals surface area contributed by atoms with Gasteiger partial charge in [0, 0.05) is 55.9 Å². The molecule has 1 aromatic carbocycles. The van der Waals surface area contributed by atoms with Crippen LogP contribution in [0.2, 0.25) is 0 Å². The van der Waals surface area contributed by atoms with Crippen LogP contribution >= 0.6 is 0 Å². The molecule has 2 aromatic heterocycles. The molecular formula is C25H26F5N7. The summed E-state index contributed by atoms with van der Waals surface area (Å²) >= 11 is 0. The molecule has 0 amide bonds. The van der Waals surface area contributed by atoms with Gasteiger partial charge in [0.15, 0.2) is 11.6 Å². The van der Waals surface area contributed by atoms with Crippen LogP contribution in [0.4, 0.5) is 45.2 Å². The number of halogens is 5. The minimum absolute atomic E-state index is 0.100. The van der Waals surface area contributed by atoms with E-state index in [0.29, 0.717) is 49.5 Å². The molecule has 1 N–H and O–H groups in total. The summed E-state index contributed by atoms with van der Waals surface area (Å²) in [5.41, 5.74) is 0.170. The topological polar surface area (TPSA) is 62.1 Å². The zero-order valence-corrected chi connectivity index (χ0v) is 19.9. The molecule has 2 aliphatic heterocycles. The molecule has 2 atom stereocenters. The molecule has 1 aliphatic carbocycles. The van der Waals surface area contributed by atoms with Gasteiger partial charge in [0.05, 0.1) is 0 Å². The Morgan fingerprint density at radius 2 is 1.65 bits per heavy atom. The minimum atomic E-state index is -4.48. The predicted molar refractivity (Wildman–Crippen MR) is 128 cm³/mol. The Bertz CT molecular complexity index is 1280. The van der Waals surface area contributed by atoms with Gasteiger partial charge in [-0.15, -0.1) is 5.10 Å². The van der Waals surface area contributed by atoms with Gasteiger partial charge in [0.1, 0.15) is 5.69 Å². The van der Waals surface area contributed by atoms with Gasteiger partial charge >= 0.3 is 6.18 Å². The first kappa shape index (κ1) is 23.9. The molecule has 1 saturated carbocycles. The first-order valence-corrected chi connectivity index (χ1v) is 12.5. The molecule has 3 aliphatic rings. The first-order valence-electron chi connectivity index (χ1n) is 12.5. The normalized spacial score (nSPS) is 23.6. The number of hydrogen-bond donors (Lipinski definition) is 1. The molecule has 2 bridgehead atoms. The quantitative estimate of drug-likeness (QED) is 0.477. The van der Waals surface area contributed by atoms with Gasteiger partial charge in [-0.2, -0.15) is 18.2 Å². The smallest absolute Gasteiger partial charge is 0.371 e. The third-order valence-electron chi connectivity index (χ3n) is 7.64. The van der Waals surface area contributed by atoms with Crippen LogP contribution in [0.1, 0.15) is 31.4 Å². The van der Waals surface area contributed by atoms with E-state index >= 15 is 0 Å². The Kier molecular flexibility index (Phi) is 5.91. The van der Waals surface area contributed by atoms with E-state index in [1.54, 1.807) is 10.7 Å². The third kappa shape index (κ3) is 4.57. The Balaban J connectivity index is 1.20. The Hall–Kier alpha value is -3.44. The van der Waals surface area contributed by atoms with Crippen molar-refractivity contribution in [1.29, 1.82) is 0 Å². The molecule has 6 rings (SSSR count). The van der Waals surface area contributed by atoms with Crippen molar-refractivity contribution < 1.29 is 22.0 Å². The second kappa shape index (κ2) is 9.14. The van der Waals surface area contributed by atoms with E-state index in [2.05, 4.69) is 15.4 Å². The number of anilines is 4. The fourth-order valence-corrected chi connectivity index (χ4v) is 5.86. The van der Waals surface area contributed by atoms with Crippen LogP contribution in [0, 0.1) is 23.5 Å². The van der Waals surface area contributed by atoms with E-state index in [0.717, 1.165) is 37.8 Å². The van der Waals surface area contributed by atoms with Crippen molar-refractivity contribution in [3.8, 4) is 0 Å². The number of aryl methyl sites for hydroxylation is 1. The average molecular weight is 520 g/mol. The zero-order valence-electron chi connectivity index (χ0n) is 19.9. The van der Waals surface area contributed by atoms with Crippen LogP contribution in [0.25, 0.3) is 0 Å². The minimum Gasteiger partial charge on any atom is -0.371 e. The van der Waals surface area contributed by atoms with Crippen LogP contribution in [0.15, 0.2) is 36.5 Å². The van der Waals surface area contributed by atoms with E-state index in [9.17, 15) is 22.0 Å². The monoisotopic (exact) mass is 519 g/mol. The highest BCUT2D eigenvalue weighted by molar-refractivity contribution is 5.59. The standard InChI is InChI=1S/C25H26F5N7/c26-19-6-5-18(11-20(19)27)36-9-1-2-10-37-24(36)33-23(34-37)32-22-15-3-4-16(22)14-35(13-15)17-7-8-31-21(12-17)25(28,29)30/h5-8,11-12,15-16,22H,1-4,9-10,13-14H2,(H,32,34)/t15-,16-/m1/s1. The van der Waals surface area contributed by atoms with Crippen molar-refractivity contribution in [2.45, 2.75) is 44.4 Å². The second-order valence-electron chi connectivity index (χ2n) is 9.99. The maximum Gasteiger partial charge on any atom is 0.433 e. The SMILES string of the molecule is Fc1ccc(N2CCCCn3nc(NC4[C@@H]5CC[C@@H]4CN(c4ccnc(C(F)(F)F)c4)C5)nc32)cc1F. The van der Waals surface area contributed by atoms with Crippen LogP contribution < -0.4 is 15.1 Å². The maximum atomic E-state index is 13.9. The van der Waals surface area contributed by atoms with Gasteiger partial charge in [0.2, 0.25) is 11.9 Å². The van der Waals surface area contributed by atoms with Crippen molar-refractivity contribution >= 4 is 23.3 Å². The van der Waals surface area contributed by atoms with Crippen molar-refractivity contribution in [3.05, 3.63) is 53.9 Å². The highest BCUT2D eigenvalue weighted by atomic mass is 19.4. The molecule has 0 radical (unpaired) electrons. The lowest BCUT2D eigenvalue weighted by Gasteiger charge is -2.39. The molecule has 0 unspecified atom stereocenters. The number of aromatic nitrogens is 4. The number of nitrogens with one attached hydrogen (secondary N) is 1. The van der Waals surface area contributed by atoms with E-state index in [1.165, 1.54) is 18.3 Å². The predicted octanol–water partition coefficient (Wildman–Crippen LogP) is 5.23. The first-order chi connectivity index (χ1) is 17.8. The number of piperidine rings is 1. The van der Waals surface area contributed by atoms with Gasteiger partial charge in [0.25, 0.3) is 0 Å². The van der Waals surface area contributed by atoms with Crippen LogP contribution in [-0.2, 0) is 12.7 Å². The summed E-state index contributed by atoms with van der Waals surface area (Å²) in [6, 6.07) is 6.67. The van der Waals surface area contributed by atoms with E-state index in [4.69, 9.17) is 4.98 Å². The van der Waals surface area contributed by atoms with Gasteiger partial charge in [-0.25, -0.2) is 13.5 Å². The summed E-state index contributed by atoms with van der Waals surface area (Å²) in [5.74, 6) is -0.300. The largest absolute Gasteiger partial charge is 0.433 e. The van der Waals surface area contributed by atoms with Gasteiger partial charge < -0.3 is 15.1 Å². The summed E-state index contributed by atoms with van der Waals surface area (Å²) < 4.78 is 68.7. The number of fused-ring (bicyclic) bond motifs is 3. The number of benzene rings is 1. The molecule has 37 heavy (non-hydrogen) atoms. The Labute approximate surface area is 210 Å². The van der Waals surface area contributed by atoms with Crippen molar-refractivity contribution in [2.75, 3.05) is 34.8 Å². The number of nitrogens with zero attached hydrogens (tertiary/aromatic N) is 6. The lowest BCUT2D eigenvalue weighted by Crippen LogP contribution is -2.48. The summed E-state index contributed by atoms with van der Waals surface area (Å²) in [4.78, 5) is 12.1. The maximum absolute atomic E-state index is 13.9. The van der Waals surface area contributed by atoms with Gasteiger partial charge in [-0.05, 0) is 61.8 Å². The fraction of sp³-hybridized carbons (Fsp3) is 0.480. The highest BCUT2D eigenvalue weighted by Gasteiger charge is 2.43. The molecule has 2 fully saturated rings. The van der Waals surface area contributed by atoms with Crippen molar-refractivity contribution in [3.63, 3.8) is 0 Å². The van der Waals surface area contributed by atoms with Gasteiger partial charge in [-0.1, -0.05) is 0 Å². The summed E-state index contributed by atoms with van der Waals surface area (Å²) in [5, 5.41) is 8.17. The Morgan fingerprint density at radius 1 is 0.892 bits per heavy atom. The lowest BCUT2D eigenvalue weighted by molar-refractivity contribution is -0.141. The molecule has 7 nitrogen and oxygen atoms in total. The van der Waals surface area contributed by atoms with E-state index in [1.807, 2.05) is 9.80 Å². The second-order valence-corrected chi connectivity index (χ2v) is 9.99. The molecule has 4 heterocycles. The zero-order chi connectivity index (χ0) is 25.7. The van der Waals surface area contributed by atoms with E-state index in [-0.39, 0.29) is 17.9 Å². The van der Waals surface area contributed by atoms with Crippen LogP contribution in [0.5, 0.6) is 0 Å². The summed E-state index contributed by atoms with van der Waals surface area (Å²) in [6.07, 6.45) is 0.402. The third-order valence-corrected chi connectivity index (χ3v) is 7.64. The Morgan fingerprint density at radius 3 is 2.38 bits per heavy atom. The molecular weight excluding hydrogens is 493 g/mol. The van der Waals surface area contributed by atoms with Crippen LogP contribution in [-0.4, -0.2) is 45.4 Å². The van der Waals surface area contributed by atoms with Crippen LogP contribution in [0.3, 0.4) is 0 Å². The number of alkyl halides is 3. The van der Waals surface area contributed by atoms with Crippen molar-refractivity contribution in [2.24, 2.45) is 11.8 Å². The van der Waals surface area contributed by atoms with Gasteiger partial charge in [-0.3, -0.25) is 4.98 Å². The van der Waals surface area contributed by atoms with Crippen molar-refractivity contribution in [1.82, 2.24) is 19.7 Å². The summed E-state index contributed by atoms with van der Waals surface area (Å²) in [7, 11) is 0. The lowest BCUT2D eigenvalue weighted by atomic mass is 9.92. The molecule has 3 aromatic rings.